The third-order valence-corrected chi connectivity index (χ3v) is 23.6. The second kappa shape index (κ2) is 60.0. The van der Waals surface area contributed by atoms with Gasteiger partial charge in [0.05, 0.1) is 94.6 Å². The van der Waals surface area contributed by atoms with Crippen LogP contribution in [-0.4, -0.2) is 52.2 Å². The summed E-state index contributed by atoms with van der Waals surface area (Å²) < 4.78 is 0. The number of rotatable bonds is 15. The fraction of sp³-hybridized carbons (Fsp3) is 0.266. The molecule has 0 radical (unpaired) electrons. The van der Waals surface area contributed by atoms with Crippen LogP contribution in [0, 0.1) is 56.7 Å². The van der Waals surface area contributed by atoms with Gasteiger partial charge in [0.2, 0.25) is 0 Å². The first-order valence-electron chi connectivity index (χ1n) is 42.5. The van der Waals surface area contributed by atoms with Crippen LogP contribution in [-0.2, 0) is 90.9 Å². The second-order valence-corrected chi connectivity index (χ2v) is 40.4. The molecule has 3 aromatic heterocycles. The first-order valence-corrected chi connectivity index (χ1v) is 46.1. The van der Waals surface area contributed by atoms with Crippen molar-refractivity contribution in [3.63, 3.8) is 0 Å². The van der Waals surface area contributed by atoms with Crippen molar-refractivity contribution in [2.75, 3.05) is 0 Å². The molecule has 12 aromatic rings. The molecule has 0 atom stereocenters. The molecule has 20 nitrogen and oxygen atoms in total. The minimum Gasteiger partial charge on any atom is -0.872 e. The summed E-state index contributed by atoms with van der Waals surface area (Å²) in [5.41, 5.74) is 8.01. The zero-order valence-corrected chi connectivity index (χ0v) is 97.1. The van der Waals surface area contributed by atoms with Crippen molar-refractivity contribution in [2.24, 2.45) is 30.0 Å². The van der Waals surface area contributed by atoms with Crippen LogP contribution in [0.5, 0.6) is 34.5 Å². The van der Waals surface area contributed by atoms with Gasteiger partial charge >= 0.3 is 58.4 Å². The number of nitrogens with zero attached hydrogens (tertiary/aromatic N) is 14. The molecule has 3 heterocycles. The molecule has 0 bridgehead atoms. The number of benzene rings is 9. The number of halogens is 6. The van der Waals surface area contributed by atoms with E-state index in [0.717, 1.165) is 0 Å². The Labute approximate surface area is 889 Å². The summed E-state index contributed by atoms with van der Waals surface area (Å²) in [5.74, 6) is -0.423. The van der Waals surface area contributed by atoms with E-state index < -0.39 is 7.92 Å². The van der Waals surface area contributed by atoms with Gasteiger partial charge in [0.25, 0.3) is 0 Å². The number of nitriles is 5. The molecule has 0 N–H and O–H groups in total. The maximum absolute atomic E-state index is 12.9. The second-order valence-electron chi connectivity index (χ2n) is 35.7. The topological polar surface area (TPSA) is 370 Å². The Balaban J connectivity index is 0.000000888. The maximum Gasteiger partial charge on any atom is 2.00 e. The fourth-order valence-electron chi connectivity index (χ4n) is 12.4. The van der Waals surface area contributed by atoms with E-state index >= 15 is 0 Å². The van der Waals surface area contributed by atoms with Gasteiger partial charge in [-0.05, 0) is 196 Å². The summed E-state index contributed by atoms with van der Waals surface area (Å²) in [6.45, 7) is 43.1. The zero-order valence-electron chi connectivity index (χ0n) is 82.8. The molecule has 30 heteroatoms. The van der Waals surface area contributed by atoms with Crippen LogP contribution in [0.15, 0.2) is 249 Å². The van der Waals surface area contributed by atoms with Crippen LogP contribution in [0.1, 0.15) is 226 Å². The minimum absolute atomic E-state index is 0. The number of pyridine rings is 3. The van der Waals surface area contributed by atoms with Gasteiger partial charge in [0, 0.05) is 109 Å². The Bertz CT molecular complexity index is 5500. The maximum atomic E-state index is 12.9. The number of aliphatic imine (C=N–C) groups is 6. The van der Waals surface area contributed by atoms with Crippen LogP contribution < -0.4 is 46.6 Å². The van der Waals surface area contributed by atoms with Crippen molar-refractivity contribution < 1.29 is 89.1 Å². The fourth-order valence-corrected chi connectivity index (χ4v) is 15.6. The Hall–Kier alpha value is -11.3. The molecule has 0 aliphatic heterocycles. The third kappa shape index (κ3) is 39.7. The molecule has 0 amide bonds. The van der Waals surface area contributed by atoms with Crippen molar-refractivity contribution >= 4 is 165 Å². The normalized spacial score (nSPS) is 11.1. The number of para-hydroxylation sites is 6. The standard InChI is InChI=1S/3C28H30Cl2N2O2.C15H12N3P.5C2H3N.3Zn/c3*1-27(2,3)19-11-7-9-17(25(19)33)15-31-23-13-21(29)22(30)14-24(23)32-16-18-10-8-12-20(26(18)34)28(4,5)6;1-7-16-8-2-13(1)19(14-3-9-17-10-4-14)15-5-11-18-12-6-15;5*1-2-3;;;/h3*7-16,33-34H,1-6H3;1-12H;5*1H3;;;/q;;;;;;;;;3*+2/p-6. The van der Waals surface area contributed by atoms with Gasteiger partial charge in [-0.15, -0.1) is 0 Å². The largest absolute Gasteiger partial charge is 2.00 e. The van der Waals surface area contributed by atoms with Gasteiger partial charge in [-0.3, -0.25) is 44.9 Å². The number of hydrogen-bond acceptors (Lipinski definition) is 20. The van der Waals surface area contributed by atoms with Crippen molar-refractivity contribution in [3.8, 4) is 64.8 Å². The zero-order chi connectivity index (χ0) is 102. The molecular weight excluding hydrogens is 2040 g/mol. The van der Waals surface area contributed by atoms with Gasteiger partial charge in [-0.2, -0.15) is 26.3 Å². The third-order valence-electron chi connectivity index (χ3n) is 19.0. The van der Waals surface area contributed by atoms with Crippen LogP contribution in [0.25, 0.3) is 0 Å². The van der Waals surface area contributed by atoms with E-state index in [-0.39, 0.29) is 125 Å². The summed E-state index contributed by atoms with van der Waals surface area (Å²) >= 11 is 37.4. The first-order chi connectivity index (χ1) is 63.9. The SMILES string of the molecule is CC#N.CC#N.CC#N.CC#N.CC#N.CC(C)(C)c1cccc(C=Nc2cc(Cl)c(Cl)cc2N=Cc2cccc(C(C)(C)C)c2[O-])c1[O-].CC(C)(C)c1cccc(C=Nc2cc(Cl)c(Cl)cc2N=Cc2cccc(C(C)(C)C)c2[O-])c1[O-].CC(C)(C)c1cccc(C=Nc2cc(Cl)c(Cl)cc2N=Cc2cccc(C(C)(C)C)c2[O-])c1[O-].[Zn+2].[Zn+2].[Zn+2].c1cc(P(c2ccncc2)c2ccncc2)ccn1. The molecule has 0 saturated carbocycles. The van der Waals surface area contributed by atoms with Gasteiger partial charge in [-0.25, -0.2) is 0 Å². The summed E-state index contributed by atoms with van der Waals surface area (Å²) in [6.07, 6.45) is 20.1. The molecule has 139 heavy (non-hydrogen) atoms. The molecular formula is C109H111Cl6N14O6PZn3. The van der Waals surface area contributed by atoms with E-state index in [2.05, 4.69) is 81.3 Å². The van der Waals surface area contributed by atoms with Crippen LogP contribution in [0.3, 0.4) is 0 Å². The molecule has 12 rings (SSSR count). The van der Waals surface area contributed by atoms with Gasteiger partial charge in [0.1, 0.15) is 0 Å². The average molecular weight is 2150 g/mol. The molecule has 9 aromatic carbocycles. The molecule has 0 aliphatic carbocycles. The molecule has 0 unspecified atom stereocenters. The summed E-state index contributed by atoms with van der Waals surface area (Å²) in [6, 6.07) is 63.2. The molecule has 0 spiro atoms. The monoisotopic (exact) mass is 2140 g/mol. The van der Waals surface area contributed by atoms with E-state index in [0.29, 0.717) is 131 Å². The van der Waals surface area contributed by atoms with Crippen molar-refractivity contribution in [1.82, 2.24) is 15.0 Å². The van der Waals surface area contributed by atoms with Gasteiger partial charge < -0.3 is 30.6 Å². The van der Waals surface area contributed by atoms with Crippen molar-refractivity contribution in [1.29, 1.82) is 26.3 Å². The first kappa shape index (κ1) is 126. The predicted molar refractivity (Wildman–Crippen MR) is 555 cm³/mol. The van der Waals surface area contributed by atoms with E-state index in [1.165, 1.54) is 87.8 Å². The summed E-state index contributed by atoms with van der Waals surface area (Å²) in [4.78, 5) is 39.3. The smallest absolute Gasteiger partial charge is 0.872 e. The van der Waals surface area contributed by atoms with E-state index in [4.69, 9.17) is 95.9 Å². The van der Waals surface area contributed by atoms with E-state index in [1.54, 1.807) is 103 Å². The molecule has 0 fully saturated rings. The van der Waals surface area contributed by atoms with Gasteiger partial charge in [-0.1, -0.05) is 338 Å². The van der Waals surface area contributed by atoms with E-state index in [9.17, 15) is 30.6 Å². The van der Waals surface area contributed by atoms with E-state index in [1.807, 2.05) is 235 Å². The quantitative estimate of drug-likeness (QED) is 0.0523. The number of hydrogen-bond donors (Lipinski definition) is 0. The Morgan fingerprint density at radius 1 is 0.245 bits per heavy atom. The molecule has 706 valence electrons. The summed E-state index contributed by atoms with van der Waals surface area (Å²) in [5, 5.41) is 120. The predicted octanol–water partition coefficient (Wildman–Crippen LogP) is 26.0. The summed E-state index contributed by atoms with van der Waals surface area (Å²) in [7, 11) is -0.566. The Kier molecular flexibility index (Phi) is 54.3. The van der Waals surface area contributed by atoms with Crippen LogP contribution >= 0.6 is 77.5 Å². The van der Waals surface area contributed by atoms with Crippen molar-refractivity contribution in [2.45, 2.75) is 192 Å². The Morgan fingerprint density at radius 2 is 0.367 bits per heavy atom. The van der Waals surface area contributed by atoms with Crippen molar-refractivity contribution in [3.05, 3.63) is 316 Å². The minimum atomic E-state index is -0.566. The van der Waals surface area contributed by atoms with Crippen LogP contribution in [0.4, 0.5) is 34.1 Å². The Morgan fingerprint density at radius 3 is 0.482 bits per heavy atom. The van der Waals surface area contributed by atoms with Crippen LogP contribution in [0.2, 0.25) is 30.1 Å². The van der Waals surface area contributed by atoms with Gasteiger partial charge in [0.15, 0.2) is 0 Å². The molecule has 0 aliphatic rings. The average Bonchev–Trinajstić information content (AvgIpc) is 0.820. The molecule has 0 saturated heterocycles. The number of aromatic nitrogens is 3.